The molecule has 0 bridgehead atoms. The summed E-state index contributed by atoms with van der Waals surface area (Å²) in [6.07, 6.45) is 0.254. The summed E-state index contributed by atoms with van der Waals surface area (Å²) in [6.45, 7) is 8.83. The van der Waals surface area contributed by atoms with Crippen LogP contribution in [0.2, 0.25) is 0 Å². The third-order valence-corrected chi connectivity index (χ3v) is 2.97. The number of ether oxygens (including phenoxy) is 3. The third-order valence-electron chi connectivity index (χ3n) is 2.97. The van der Waals surface area contributed by atoms with Gasteiger partial charge in [0, 0.05) is 13.0 Å². The molecule has 0 heterocycles. The quantitative estimate of drug-likeness (QED) is 0.707. The first kappa shape index (κ1) is 17.0. The highest BCUT2D eigenvalue weighted by Gasteiger charge is 2.21. The van der Waals surface area contributed by atoms with Crippen LogP contribution < -0.4 is 4.74 Å². The number of rotatable bonds is 9. The van der Waals surface area contributed by atoms with E-state index < -0.39 is 5.60 Å². The summed E-state index contributed by atoms with van der Waals surface area (Å²) in [5, 5.41) is 10.2. The standard InChI is InChI=1S/C16H26O4/c1-5-18-14(3)19-11-10-16(4,17)12-20-15-8-6-13(2)7-9-15/h6-9,14,17H,5,10-12H2,1-4H3/t14?,16-/m1/s1. The molecule has 0 aromatic heterocycles. The van der Waals surface area contributed by atoms with E-state index in [1.165, 1.54) is 5.56 Å². The zero-order valence-corrected chi connectivity index (χ0v) is 12.9. The Labute approximate surface area is 121 Å². The smallest absolute Gasteiger partial charge is 0.154 e. The number of aryl methyl sites for hydroxylation is 1. The molecule has 0 amide bonds. The van der Waals surface area contributed by atoms with E-state index in [-0.39, 0.29) is 12.9 Å². The van der Waals surface area contributed by atoms with E-state index in [1.807, 2.05) is 45.0 Å². The predicted molar refractivity (Wildman–Crippen MR) is 79.0 cm³/mol. The lowest BCUT2D eigenvalue weighted by molar-refractivity contribution is -0.138. The highest BCUT2D eigenvalue weighted by atomic mass is 16.7. The highest BCUT2D eigenvalue weighted by molar-refractivity contribution is 5.26. The summed E-state index contributed by atoms with van der Waals surface area (Å²) in [5.41, 5.74) is 0.263. The average Bonchev–Trinajstić information content (AvgIpc) is 2.38. The molecule has 4 nitrogen and oxygen atoms in total. The largest absolute Gasteiger partial charge is 0.491 e. The SMILES string of the molecule is CCOC(C)OCC[C@@](C)(O)COc1ccc(C)cc1. The Morgan fingerprint density at radius 1 is 1.20 bits per heavy atom. The van der Waals surface area contributed by atoms with Crippen LogP contribution in [-0.2, 0) is 9.47 Å². The molecule has 4 heteroatoms. The van der Waals surface area contributed by atoms with E-state index in [0.29, 0.717) is 19.6 Å². The van der Waals surface area contributed by atoms with Gasteiger partial charge in [0.05, 0.1) is 12.2 Å². The normalized spacial score (nSPS) is 15.7. The highest BCUT2D eigenvalue weighted by Crippen LogP contribution is 2.16. The van der Waals surface area contributed by atoms with Crippen LogP contribution in [0.15, 0.2) is 24.3 Å². The van der Waals surface area contributed by atoms with Gasteiger partial charge in [-0.3, -0.25) is 0 Å². The van der Waals surface area contributed by atoms with Gasteiger partial charge < -0.3 is 19.3 Å². The lowest BCUT2D eigenvalue weighted by Crippen LogP contribution is -2.34. The number of aliphatic hydroxyl groups is 1. The van der Waals surface area contributed by atoms with Crippen molar-refractivity contribution in [1.29, 1.82) is 0 Å². The van der Waals surface area contributed by atoms with E-state index >= 15 is 0 Å². The van der Waals surface area contributed by atoms with Crippen molar-refractivity contribution >= 4 is 0 Å². The van der Waals surface area contributed by atoms with Gasteiger partial charge in [0.2, 0.25) is 0 Å². The molecule has 0 saturated heterocycles. The molecule has 0 spiro atoms. The number of hydrogen-bond donors (Lipinski definition) is 1. The summed E-state index contributed by atoms with van der Waals surface area (Å²) in [4.78, 5) is 0. The van der Waals surface area contributed by atoms with E-state index in [0.717, 1.165) is 5.75 Å². The lowest BCUT2D eigenvalue weighted by Gasteiger charge is -2.24. The second-order valence-electron chi connectivity index (χ2n) is 5.24. The maximum absolute atomic E-state index is 10.2. The molecule has 1 rings (SSSR count). The van der Waals surface area contributed by atoms with Gasteiger partial charge in [0.25, 0.3) is 0 Å². The van der Waals surface area contributed by atoms with Crippen LogP contribution in [0.4, 0.5) is 0 Å². The molecule has 0 fully saturated rings. The van der Waals surface area contributed by atoms with Crippen molar-refractivity contribution in [2.45, 2.75) is 46.0 Å². The summed E-state index contributed by atoms with van der Waals surface area (Å²) >= 11 is 0. The molecule has 0 aliphatic heterocycles. The van der Waals surface area contributed by atoms with Gasteiger partial charge in [-0.15, -0.1) is 0 Å². The second-order valence-corrected chi connectivity index (χ2v) is 5.24. The molecule has 1 aromatic rings. The fraction of sp³-hybridized carbons (Fsp3) is 0.625. The van der Waals surface area contributed by atoms with Crippen molar-refractivity contribution in [2.75, 3.05) is 19.8 Å². The second kappa shape index (κ2) is 8.25. The Balaban J connectivity index is 2.28. The van der Waals surface area contributed by atoms with Crippen LogP contribution in [0, 0.1) is 6.92 Å². The molecule has 2 atom stereocenters. The van der Waals surface area contributed by atoms with Gasteiger partial charge in [-0.2, -0.15) is 0 Å². The molecule has 1 N–H and O–H groups in total. The van der Waals surface area contributed by atoms with Crippen LogP contribution >= 0.6 is 0 Å². The van der Waals surface area contributed by atoms with E-state index in [1.54, 1.807) is 6.92 Å². The fourth-order valence-electron chi connectivity index (χ4n) is 1.67. The van der Waals surface area contributed by atoms with Gasteiger partial charge in [0.15, 0.2) is 6.29 Å². The van der Waals surface area contributed by atoms with Crippen molar-refractivity contribution in [3.63, 3.8) is 0 Å². The van der Waals surface area contributed by atoms with Gasteiger partial charge in [-0.1, -0.05) is 17.7 Å². The monoisotopic (exact) mass is 282 g/mol. The van der Waals surface area contributed by atoms with E-state index in [4.69, 9.17) is 14.2 Å². The zero-order valence-electron chi connectivity index (χ0n) is 12.9. The summed E-state index contributed by atoms with van der Waals surface area (Å²) in [6, 6.07) is 7.77. The minimum Gasteiger partial charge on any atom is -0.491 e. The minimum atomic E-state index is -0.920. The predicted octanol–water partition coefficient (Wildman–Crippen LogP) is 2.91. The Morgan fingerprint density at radius 2 is 1.85 bits per heavy atom. The van der Waals surface area contributed by atoms with Crippen LogP contribution in [0.3, 0.4) is 0 Å². The van der Waals surface area contributed by atoms with Crippen molar-refractivity contribution < 1.29 is 19.3 Å². The van der Waals surface area contributed by atoms with E-state index in [9.17, 15) is 5.11 Å². The number of benzene rings is 1. The third kappa shape index (κ3) is 6.89. The Morgan fingerprint density at radius 3 is 2.45 bits per heavy atom. The molecule has 1 aromatic carbocycles. The minimum absolute atomic E-state index is 0.239. The van der Waals surface area contributed by atoms with Gasteiger partial charge >= 0.3 is 0 Å². The molecule has 0 aliphatic rings. The molecule has 20 heavy (non-hydrogen) atoms. The summed E-state index contributed by atoms with van der Waals surface area (Å²) < 4.78 is 16.3. The molecular weight excluding hydrogens is 256 g/mol. The van der Waals surface area contributed by atoms with Crippen molar-refractivity contribution in [3.8, 4) is 5.75 Å². The van der Waals surface area contributed by atoms with Crippen LogP contribution in [-0.4, -0.2) is 36.8 Å². The van der Waals surface area contributed by atoms with Crippen LogP contribution in [0.1, 0.15) is 32.8 Å². The first-order valence-corrected chi connectivity index (χ1v) is 7.08. The molecule has 114 valence electrons. The molecule has 0 radical (unpaired) electrons. The van der Waals surface area contributed by atoms with Gasteiger partial charge in [0.1, 0.15) is 12.4 Å². The van der Waals surface area contributed by atoms with Crippen LogP contribution in [0.5, 0.6) is 5.75 Å². The summed E-state index contributed by atoms with van der Waals surface area (Å²) in [7, 11) is 0. The van der Waals surface area contributed by atoms with Gasteiger partial charge in [-0.05, 0) is 39.8 Å². The molecular formula is C16H26O4. The summed E-state index contributed by atoms with van der Waals surface area (Å²) in [5.74, 6) is 0.763. The van der Waals surface area contributed by atoms with Crippen molar-refractivity contribution in [3.05, 3.63) is 29.8 Å². The first-order chi connectivity index (χ1) is 9.43. The topological polar surface area (TPSA) is 47.9 Å². The Bertz CT molecular complexity index is 373. The molecule has 1 unspecified atom stereocenters. The van der Waals surface area contributed by atoms with Crippen molar-refractivity contribution in [2.24, 2.45) is 0 Å². The van der Waals surface area contributed by atoms with Gasteiger partial charge in [-0.25, -0.2) is 0 Å². The van der Waals surface area contributed by atoms with E-state index in [2.05, 4.69) is 0 Å². The molecule has 0 saturated carbocycles. The fourth-order valence-corrected chi connectivity index (χ4v) is 1.67. The first-order valence-electron chi connectivity index (χ1n) is 7.08. The molecule has 0 aliphatic carbocycles. The average molecular weight is 282 g/mol. The van der Waals surface area contributed by atoms with Crippen molar-refractivity contribution in [1.82, 2.24) is 0 Å². The Hall–Kier alpha value is -1.10. The number of hydrogen-bond acceptors (Lipinski definition) is 4. The lowest BCUT2D eigenvalue weighted by atomic mass is 10.0. The maximum Gasteiger partial charge on any atom is 0.154 e. The zero-order chi connectivity index (χ0) is 15.0. The Kier molecular flexibility index (Phi) is 6.99. The maximum atomic E-state index is 10.2. The van der Waals surface area contributed by atoms with Crippen LogP contribution in [0.25, 0.3) is 0 Å².